The molecule has 6 heteroatoms. The van der Waals surface area contributed by atoms with Crippen LogP contribution in [0.2, 0.25) is 0 Å². The van der Waals surface area contributed by atoms with E-state index in [2.05, 4.69) is 4.72 Å². The average molecular weight is 310 g/mol. The van der Waals surface area contributed by atoms with Gasteiger partial charge in [-0.3, -0.25) is 4.79 Å². The monoisotopic (exact) mass is 310 g/mol. The molecule has 0 radical (unpaired) electrons. The number of hydrogen-bond donors (Lipinski definition) is 1. The van der Waals surface area contributed by atoms with Crippen LogP contribution in [0.1, 0.15) is 31.2 Å². The molecule has 1 aliphatic rings. The summed E-state index contributed by atoms with van der Waals surface area (Å²) < 4.78 is 26.9. The molecule has 0 aliphatic carbocycles. The van der Waals surface area contributed by atoms with Crippen molar-refractivity contribution in [3.8, 4) is 0 Å². The molecule has 1 fully saturated rings. The van der Waals surface area contributed by atoms with Crippen LogP contribution >= 0.6 is 0 Å². The Kier molecular flexibility index (Phi) is 5.36. The van der Waals surface area contributed by atoms with Crippen LogP contribution in [0.5, 0.6) is 0 Å². The standard InChI is InChI=1S/C15H22N2O3S/c1-13-8-4-5-9-14(13)21(19,20)16-12-15(18)17-10-6-2-3-7-11-17/h4-5,8-9,16H,2-3,6-7,10-12H2,1H3. The van der Waals surface area contributed by atoms with E-state index in [1.165, 1.54) is 0 Å². The zero-order valence-electron chi connectivity index (χ0n) is 12.3. The molecule has 0 atom stereocenters. The minimum absolute atomic E-state index is 0.144. The number of benzene rings is 1. The molecule has 0 aromatic heterocycles. The SMILES string of the molecule is Cc1ccccc1S(=O)(=O)NCC(=O)N1CCCCCC1. The summed E-state index contributed by atoms with van der Waals surface area (Å²) >= 11 is 0. The van der Waals surface area contributed by atoms with Crippen molar-refractivity contribution in [2.24, 2.45) is 0 Å². The normalized spacial score (nSPS) is 16.5. The molecule has 1 N–H and O–H groups in total. The van der Waals surface area contributed by atoms with E-state index in [1.807, 2.05) is 0 Å². The number of amides is 1. The molecular formula is C15H22N2O3S. The number of hydrogen-bond acceptors (Lipinski definition) is 3. The summed E-state index contributed by atoms with van der Waals surface area (Å²) in [5, 5.41) is 0. The van der Waals surface area contributed by atoms with Crippen molar-refractivity contribution in [3.05, 3.63) is 29.8 Å². The fourth-order valence-corrected chi connectivity index (χ4v) is 3.74. The average Bonchev–Trinajstić information content (AvgIpc) is 2.74. The topological polar surface area (TPSA) is 66.5 Å². The molecule has 0 spiro atoms. The number of nitrogens with zero attached hydrogens (tertiary/aromatic N) is 1. The maximum Gasteiger partial charge on any atom is 0.241 e. The summed E-state index contributed by atoms with van der Waals surface area (Å²) in [5.74, 6) is -0.144. The maximum absolute atomic E-state index is 12.2. The maximum atomic E-state index is 12.2. The zero-order chi connectivity index (χ0) is 15.3. The summed E-state index contributed by atoms with van der Waals surface area (Å²) in [7, 11) is -3.63. The molecule has 21 heavy (non-hydrogen) atoms. The lowest BCUT2D eigenvalue weighted by Crippen LogP contribution is -2.40. The number of carbonyl (C=O) groups is 1. The molecule has 1 aromatic carbocycles. The van der Waals surface area contributed by atoms with E-state index in [0.717, 1.165) is 38.8 Å². The van der Waals surface area contributed by atoms with Gasteiger partial charge in [-0.1, -0.05) is 31.0 Å². The second-order valence-corrected chi connectivity index (χ2v) is 7.12. The van der Waals surface area contributed by atoms with E-state index < -0.39 is 10.0 Å². The largest absolute Gasteiger partial charge is 0.342 e. The zero-order valence-corrected chi connectivity index (χ0v) is 13.2. The first-order valence-corrected chi connectivity index (χ1v) is 8.82. The highest BCUT2D eigenvalue weighted by Gasteiger charge is 2.20. The van der Waals surface area contributed by atoms with Crippen molar-refractivity contribution in [1.29, 1.82) is 0 Å². The van der Waals surface area contributed by atoms with Gasteiger partial charge in [0.05, 0.1) is 11.4 Å². The second kappa shape index (κ2) is 7.04. The quantitative estimate of drug-likeness (QED) is 0.920. The molecule has 2 rings (SSSR count). The molecule has 0 bridgehead atoms. The lowest BCUT2D eigenvalue weighted by Gasteiger charge is -2.20. The van der Waals surface area contributed by atoms with Gasteiger partial charge < -0.3 is 4.90 Å². The molecule has 1 saturated heterocycles. The Labute approximate surface area is 126 Å². The fourth-order valence-electron chi connectivity index (χ4n) is 2.52. The first-order valence-electron chi connectivity index (χ1n) is 7.34. The van der Waals surface area contributed by atoms with Gasteiger partial charge in [-0.2, -0.15) is 0 Å². The second-order valence-electron chi connectivity index (χ2n) is 5.39. The molecule has 116 valence electrons. The van der Waals surface area contributed by atoms with E-state index in [-0.39, 0.29) is 17.3 Å². The Morgan fingerprint density at radius 2 is 1.76 bits per heavy atom. The fraction of sp³-hybridized carbons (Fsp3) is 0.533. The van der Waals surface area contributed by atoms with Crippen molar-refractivity contribution < 1.29 is 13.2 Å². The number of rotatable bonds is 4. The predicted octanol–water partition coefficient (Wildman–Crippen LogP) is 1.68. The third kappa shape index (κ3) is 4.28. The highest BCUT2D eigenvalue weighted by molar-refractivity contribution is 7.89. The third-order valence-electron chi connectivity index (χ3n) is 3.76. The minimum atomic E-state index is -3.63. The van der Waals surface area contributed by atoms with Gasteiger partial charge in [0.15, 0.2) is 0 Å². The Hall–Kier alpha value is -1.40. The number of nitrogens with one attached hydrogen (secondary N) is 1. The number of carbonyl (C=O) groups excluding carboxylic acids is 1. The Bertz CT molecular complexity index is 591. The van der Waals surface area contributed by atoms with Gasteiger partial charge >= 0.3 is 0 Å². The van der Waals surface area contributed by atoms with Gasteiger partial charge in [-0.15, -0.1) is 0 Å². The Balaban J connectivity index is 1.98. The smallest absolute Gasteiger partial charge is 0.241 e. The van der Waals surface area contributed by atoms with Crippen LogP contribution in [-0.4, -0.2) is 38.9 Å². The summed E-state index contributed by atoms with van der Waals surface area (Å²) in [6, 6.07) is 6.76. The first kappa shape index (κ1) is 16.0. The van der Waals surface area contributed by atoms with E-state index in [9.17, 15) is 13.2 Å². The minimum Gasteiger partial charge on any atom is -0.342 e. The van der Waals surface area contributed by atoms with Crippen molar-refractivity contribution in [3.63, 3.8) is 0 Å². The van der Waals surface area contributed by atoms with Gasteiger partial charge in [-0.25, -0.2) is 13.1 Å². The van der Waals surface area contributed by atoms with Gasteiger partial charge in [-0.05, 0) is 31.4 Å². The van der Waals surface area contributed by atoms with Gasteiger partial charge in [0.25, 0.3) is 0 Å². The van der Waals surface area contributed by atoms with Crippen LogP contribution in [-0.2, 0) is 14.8 Å². The van der Waals surface area contributed by atoms with Crippen LogP contribution < -0.4 is 4.72 Å². The summed E-state index contributed by atoms with van der Waals surface area (Å²) in [4.78, 5) is 14.1. The van der Waals surface area contributed by atoms with Gasteiger partial charge in [0, 0.05) is 13.1 Å². The molecule has 1 heterocycles. The van der Waals surface area contributed by atoms with Crippen molar-refractivity contribution in [1.82, 2.24) is 9.62 Å². The van der Waals surface area contributed by atoms with Crippen LogP contribution in [0.4, 0.5) is 0 Å². The number of aryl methyl sites for hydroxylation is 1. The summed E-state index contributed by atoms with van der Waals surface area (Å²) in [6.07, 6.45) is 4.27. The van der Waals surface area contributed by atoms with Crippen molar-refractivity contribution >= 4 is 15.9 Å². The Morgan fingerprint density at radius 3 is 2.38 bits per heavy atom. The summed E-state index contributed by atoms with van der Waals surface area (Å²) in [5.41, 5.74) is 0.673. The van der Waals surface area contributed by atoms with Crippen LogP contribution in [0.3, 0.4) is 0 Å². The highest BCUT2D eigenvalue weighted by atomic mass is 32.2. The Morgan fingerprint density at radius 1 is 1.14 bits per heavy atom. The lowest BCUT2D eigenvalue weighted by molar-refractivity contribution is -0.129. The molecule has 1 aromatic rings. The van der Waals surface area contributed by atoms with Gasteiger partial charge in [0.2, 0.25) is 15.9 Å². The van der Waals surface area contributed by atoms with E-state index in [1.54, 1.807) is 36.1 Å². The van der Waals surface area contributed by atoms with Crippen LogP contribution in [0.25, 0.3) is 0 Å². The molecule has 5 nitrogen and oxygen atoms in total. The van der Waals surface area contributed by atoms with E-state index >= 15 is 0 Å². The van der Waals surface area contributed by atoms with E-state index in [4.69, 9.17) is 0 Å². The third-order valence-corrected chi connectivity index (χ3v) is 5.32. The summed E-state index contributed by atoms with van der Waals surface area (Å²) in [6.45, 7) is 3.03. The lowest BCUT2D eigenvalue weighted by atomic mass is 10.2. The van der Waals surface area contributed by atoms with Crippen molar-refractivity contribution in [2.75, 3.05) is 19.6 Å². The van der Waals surface area contributed by atoms with Crippen LogP contribution in [0, 0.1) is 6.92 Å². The molecule has 0 saturated carbocycles. The van der Waals surface area contributed by atoms with Crippen molar-refractivity contribution in [2.45, 2.75) is 37.5 Å². The van der Waals surface area contributed by atoms with Crippen LogP contribution in [0.15, 0.2) is 29.2 Å². The molecule has 1 aliphatic heterocycles. The highest BCUT2D eigenvalue weighted by Crippen LogP contribution is 2.14. The predicted molar refractivity (Wildman–Crippen MR) is 81.4 cm³/mol. The van der Waals surface area contributed by atoms with Gasteiger partial charge in [0.1, 0.15) is 0 Å². The number of sulfonamides is 1. The first-order chi connectivity index (χ1) is 10.0. The molecule has 1 amide bonds. The van der Waals surface area contributed by atoms with E-state index in [0.29, 0.717) is 5.56 Å². The molecular weight excluding hydrogens is 288 g/mol. The number of likely N-dealkylation sites (tertiary alicyclic amines) is 1. The molecule has 0 unspecified atom stereocenters.